The van der Waals surface area contributed by atoms with Crippen molar-refractivity contribution in [1.29, 1.82) is 0 Å². The first-order valence-corrected chi connectivity index (χ1v) is 12.8. The van der Waals surface area contributed by atoms with Gasteiger partial charge in [0.05, 0.1) is 7.11 Å². The molecule has 8 heteroatoms. The fourth-order valence-electron chi connectivity index (χ4n) is 4.56. The van der Waals surface area contributed by atoms with Gasteiger partial charge in [-0.3, -0.25) is 9.59 Å². The molecule has 0 unspecified atom stereocenters. The average Bonchev–Trinajstić information content (AvgIpc) is 3.38. The molecule has 196 valence electrons. The summed E-state index contributed by atoms with van der Waals surface area (Å²) in [7, 11) is 3.65. The molecule has 1 aliphatic heterocycles. The lowest BCUT2D eigenvalue weighted by Crippen LogP contribution is -2.37. The van der Waals surface area contributed by atoms with Gasteiger partial charge in [-0.1, -0.05) is 49.3 Å². The molecule has 0 fully saturated rings. The van der Waals surface area contributed by atoms with Crippen LogP contribution >= 0.6 is 0 Å². The maximum atomic E-state index is 13.7. The van der Waals surface area contributed by atoms with Crippen molar-refractivity contribution in [3.8, 4) is 17.1 Å². The van der Waals surface area contributed by atoms with Crippen LogP contribution in [0.2, 0.25) is 0 Å². The van der Waals surface area contributed by atoms with Crippen molar-refractivity contribution < 1.29 is 18.8 Å². The summed E-state index contributed by atoms with van der Waals surface area (Å²) >= 11 is 0. The van der Waals surface area contributed by atoms with E-state index in [1.54, 1.807) is 18.1 Å². The van der Waals surface area contributed by atoms with Gasteiger partial charge in [-0.05, 0) is 49.7 Å². The highest BCUT2D eigenvalue weighted by Crippen LogP contribution is 2.27. The number of anilines is 1. The van der Waals surface area contributed by atoms with Crippen molar-refractivity contribution in [3.05, 3.63) is 65.9 Å². The van der Waals surface area contributed by atoms with Gasteiger partial charge < -0.3 is 24.0 Å². The summed E-state index contributed by atoms with van der Waals surface area (Å²) in [5.41, 5.74) is 2.84. The third-order valence-electron chi connectivity index (χ3n) is 6.57. The first-order chi connectivity index (χ1) is 17.9. The molecule has 3 aromatic rings. The second-order valence-electron chi connectivity index (χ2n) is 9.96. The van der Waals surface area contributed by atoms with Gasteiger partial charge >= 0.3 is 0 Å². The third kappa shape index (κ3) is 6.57. The van der Waals surface area contributed by atoms with Crippen LogP contribution in [0.15, 0.2) is 59.1 Å². The summed E-state index contributed by atoms with van der Waals surface area (Å²) in [5.74, 6) is 1.37. The number of para-hydroxylation sites is 1. The van der Waals surface area contributed by atoms with Crippen LogP contribution in [0.5, 0.6) is 5.75 Å². The van der Waals surface area contributed by atoms with E-state index >= 15 is 0 Å². The van der Waals surface area contributed by atoms with E-state index in [9.17, 15) is 9.59 Å². The Kier molecular flexibility index (Phi) is 8.61. The molecular weight excluding hydrogens is 468 g/mol. The number of hydrogen-bond acceptors (Lipinski definition) is 6. The van der Waals surface area contributed by atoms with Crippen LogP contribution in [0.25, 0.3) is 11.3 Å². The number of ether oxygens (including phenoxy) is 1. The topological polar surface area (TPSA) is 79.1 Å². The van der Waals surface area contributed by atoms with Gasteiger partial charge in [0.2, 0.25) is 5.91 Å². The predicted octanol–water partition coefficient (Wildman–Crippen LogP) is 4.71. The maximum absolute atomic E-state index is 13.7. The Labute approximate surface area is 218 Å². The largest absolute Gasteiger partial charge is 0.497 e. The number of methoxy groups -OCH3 is 1. The second-order valence-corrected chi connectivity index (χ2v) is 9.96. The zero-order valence-electron chi connectivity index (χ0n) is 22.1. The molecule has 0 saturated carbocycles. The summed E-state index contributed by atoms with van der Waals surface area (Å²) in [4.78, 5) is 32.8. The Balaban J connectivity index is 1.64. The monoisotopic (exact) mass is 504 g/mol. The Morgan fingerprint density at radius 1 is 1.03 bits per heavy atom. The van der Waals surface area contributed by atoms with Gasteiger partial charge in [0, 0.05) is 49.9 Å². The van der Waals surface area contributed by atoms with E-state index in [2.05, 4.69) is 23.9 Å². The first kappa shape index (κ1) is 26.4. The number of amides is 2. The highest BCUT2D eigenvalue weighted by molar-refractivity contribution is 5.95. The van der Waals surface area contributed by atoms with E-state index < -0.39 is 0 Å². The minimum absolute atomic E-state index is 0.113. The second kappa shape index (κ2) is 12.1. The summed E-state index contributed by atoms with van der Waals surface area (Å²) in [6.07, 6.45) is 1.34. The van der Waals surface area contributed by atoms with Gasteiger partial charge in [0.25, 0.3) is 5.91 Å². The van der Waals surface area contributed by atoms with Crippen LogP contribution in [-0.4, -0.2) is 67.1 Å². The van der Waals surface area contributed by atoms with Gasteiger partial charge in [0.15, 0.2) is 11.5 Å². The van der Waals surface area contributed by atoms with Crippen LogP contribution in [-0.2, 0) is 11.3 Å². The Hall–Kier alpha value is -3.65. The van der Waals surface area contributed by atoms with Gasteiger partial charge in [-0.15, -0.1) is 0 Å². The number of benzene rings is 2. The molecule has 2 aromatic carbocycles. The van der Waals surface area contributed by atoms with Crippen LogP contribution in [0, 0.1) is 5.92 Å². The number of nitrogens with zero attached hydrogens (tertiary/aromatic N) is 4. The van der Waals surface area contributed by atoms with Crippen LogP contribution in [0.1, 0.15) is 42.7 Å². The summed E-state index contributed by atoms with van der Waals surface area (Å²) < 4.78 is 10.8. The number of carbonyl (C=O) groups excluding carboxylic acids is 2. The normalized spacial score (nSPS) is 15.3. The lowest BCUT2D eigenvalue weighted by molar-refractivity contribution is -0.119. The first-order valence-electron chi connectivity index (χ1n) is 12.8. The van der Waals surface area contributed by atoms with Gasteiger partial charge in [-0.2, -0.15) is 0 Å². The van der Waals surface area contributed by atoms with Gasteiger partial charge in [-0.25, -0.2) is 0 Å². The lowest BCUT2D eigenvalue weighted by Gasteiger charge is -2.28. The molecule has 0 atom stereocenters. The number of aromatic nitrogens is 1. The molecule has 0 spiro atoms. The zero-order valence-corrected chi connectivity index (χ0v) is 22.1. The lowest BCUT2D eigenvalue weighted by atomic mass is 10.1. The highest BCUT2D eigenvalue weighted by Gasteiger charge is 2.25. The molecule has 0 radical (unpaired) electrons. The highest BCUT2D eigenvalue weighted by atomic mass is 16.5. The molecule has 0 bridgehead atoms. The number of rotatable bonds is 5. The Bertz CT molecular complexity index is 1220. The molecule has 8 nitrogen and oxygen atoms in total. The molecule has 0 saturated heterocycles. The van der Waals surface area contributed by atoms with Crippen LogP contribution in [0.3, 0.4) is 0 Å². The van der Waals surface area contributed by atoms with Crippen molar-refractivity contribution in [1.82, 2.24) is 15.0 Å². The van der Waals surface area contributed by atoms with Crippen LogP contribution < -0.4 is 9.64 Å². The Morgan fingerprint density at radius 3 is 2.62 bits per heavy atom. The third-order valence-corrected chi connectivity index (χ3v) is 6.57. The number of fused-ring (bicyclic) bond motifs is 1. The van der Waals surface area contributed by atoms with E-state index in [0.717, 1.165) is 29.8 Å². The van der Waals surface area contributed by atoms with E-state index in [4.69, 9.17) is 9.26 Å². The Morgan fingerprint density at radius 2 is 1.84 bits per heavy atom. The quantitative estimate of drug-likeness (QED) is 0.501. The van der Waals surface area contributed by atoms with E-state index in [1.165, 1.54) is 0 Å². The molecule has 2 amide bonds. The molecule has 0 N–H and O–H groups in total. The molecule has 1 aliphatic rings. The molecular formula is C29H36N4O4. The summed E-state index contributed by atoms with van der Waals surface area (Å²) in [5, 5.41) is 4.10. The fourth-order valence-corrected chi connectivity index (χ4v) is 4.56. The van der Waals surface area contributed by atoms with Gasteiger partial charge in [0.1, 0.15) is 5.75 Å². The zero-order chi connectivity index (χ0) is 26.4. The summed E-state index contributed by atoms with van der Waals surface area (Å²) in [6.45, 7) is 7.22. The van der Waals surface area contributed by atoms with E-state index in [0.29, 0.717) is 44.1 Å². The number of likely N-dealkylation sites (N-methyl/N-ethyl adjacent to an activating group) is 1. The van der Waals surface area contributed by atoms with Crippen molar-refractivity contribution in [2.24, 2.45) is 5.92 Å². The standard InChI is InChI=1S/C29H36N4O4/c1-21(2)17-28(34)33-14-8-13-31(3)15-16-32(20-23-9-5-6-12-26(23)33)29(35)25-19-27(37-30-25)22-10-7-11-24(18-22)36-4/h5-7,9-12,18-19,21H,8,13-17,20H2,1-4H3. The van der Waals surface area contributed by atoms with Crippen molar-refractivity contribution in [2.75, 3.05) is 45.2 Å². The smallest absolute Gasteiger partial charge is 0.276 e. The predicted molar refractivity (Wildman–Crippen MR) is 144 cm³/mol. The molecule has 0 aliphatic carbocycles. The van der Waals surface area contributed by atoms with Crippen molar-refractivity contribution in [2.45, 2.75) is 33.2 Å². The molecule has 4 rings (SSSR count). The SMILES string of the molecule is COc1cccc(-c2cc(C(=O)N3CCN(C)CCCN(C(=O)CC(C)C)c4ccccc4C3)no2)c1. The van der Waals surface area contributed by atoms with Crippen molar-refractivity contribution >= 4 is 17.5 Å². The maximum Gasteiger partial charge on any atom is 0.276 e. The summed E-state index contributed by atoms with van der Waals surface area (Å²) in [6, 6.07) is 17.0. The fraction of sp³-hybridized carbons (Fsp3) is 0.414. The minimum atomic E-state index is -0.208. The van der Waals surface area contributed by atoms with E-state index in [1.807, 2.05) is 60.5 Å². The average molecular weight is 505 g/mol. The van der Waals surface area contributed by atoms with E-state index in [-0.39, 0.29) is 23.4 Å². The number of hydrogen-bond donors (Lipinski definition) is 0. The van der Waals surface area contributed by atoms with Crippen LogP contribution in [0.4, 0.5) is 5.69 Å². The number of carbonyl (C=O) groups is 2. The van der Waals surface area contributed by atoms with Crippen molar-refractivity contribution in [3.63, 3.8) is 0 Å². The molecule has 37 heavy (non-hydrogen) atoms. The minimum Gasteiger partial charge on any atom is -0.497 e. The molecule has 1 aromatic heterocycles. The molecule has 2 heterocycles.